The first-order chi connectivity index (χ1) is 40.1. The lowest BCUT2D eigenvalue weighted by atomic mass is 9.48. The number of esters is 4. The van der Waals surface area contributed by atoms with Gasteiger partial charge in [0, 0.05) is 74.7 Å². The van der Waals surface area contributed by atoms with Crippen LogP contribution in [-0.2, 0) is 71.6 Å². The summed E-state index contributed by atoms with van der Waals surface area (Å²) in [5, 5.41) is 42.6. The van der Waals surface area contributed by atoms with E-state index in [9.17, 15) is 63.3 Å². The maximum atomic E-state index is 16.4. The van der Waals surface area contributed by atoms with Gasteiger partial charge in [0.15, 0.2) is 23.3 Å². The van der Waals surface area contributed by atoms with E-state index in [1.807, 2.05) is 0 Å². The predicted octanol–water partition coefficient (Wildman–Crippen LogP) is 4.33. The van der Waals surface area contributed by atoms with E-state index in [-0.39, 0.29) is 74.7 Å². The van der Waals surface area contributed by atoms with Crippen molar-refractivity contribution in [2.75, 3.05) is 19.7 Å². The summed E-state index contributed by atoms with van der Waals surface area (Å²) >= 11 is 0. The molecule has 2 bridgehead atoms. The first-order valence-electron chi connectivity index (χ1n) is 28.4. The molecule has 1 saturated heterocycles. The van der Waals surface area contributed by atoms with Crippen LogP contribution in [-0.4, -0.2) is 168 Å². The lowest BCUT2D eigenvalue weighted by Crippen LogP contribution is -2.84. The van der Waals surface area contributed by atoms with Crippen LogP contribution >= 0.6 is 8.58 Å². The van der Waals surface area contributed by atoms with Crippen LogP contribution in [0.3, 0.4) is 0 Å². The van der Waals surface area contributed by atoms with Crippen molar-refractivity contribution in [3.63, 3.8) is 0 Å². The molecule has 24 heteroatoms. The molecule has 8 rings (SSSR count). The Kier molecular flexibility index (Phi) is 19.3. The third-order valence-electron chi connectivity index (χ3n) is 16.6. The standard InChI is InChI=1S/C61H72N3O20P/c1-35(65)83-59-34-79-40(59)32-41(85-47(71)24-16-10-18-30-64-44(68)27-28-45(64)69)61(78)51(59)53(82-54(74)37-21-13-8-14-22-37)60(77)33-38(80-55(75)49(72)48(36-19-11-7-12-20-36)62-56(76)84-57(2,3)4)31-39(58(60,5)6)50(52(61)73)81-46(70)23-15-9-17-29-63-42(66)25-26-43(63)67/h7-8,11-14,19-22,25-28,31,38,40-41,48-51,53,72,77-78,85H,9-10,15-18,23-24,29-30,32-34H2,1-6H3,(H,62,76)/t38-,40-,41+,48+,49+,50-,51-,53+,59+,60-,61+/m1/s1. The van der Waals surface area contributed by atoms with Gasteiger partial charge in [0.25, 0.3) is 23.6 Å². The van der Waals surface area contributed by atoms with Gasteiger partial charge < -0.3 is 49.1 Å². The molecule has 2 aromatic carbocycles. The van der Waals surface area contributed by atoms with Crippen molar-refractivity contribution >= 4 is 73.5 Å². The van der Waals surface area contributed by atoms with Gasteiger partial charge in [-0.2, -0.15) is 0 Å². The van der Waals surface area contributed by atoms with Gasteiger partial charge in [-0.25, -0.2) is 14.4 Å². The Labute approximate surface area is 492 Å². The zero-order valence-corrected chi connectivity index (χ0v) is 49.1. The van der Waals surface area contributed by atoms with Crippen molar-refractivity contribution in [3.05, 3.63) is 108 Å². The second kappa shape index (κ2) is 25.7. The number of fused-ring (bicyclic) bond motifs is 5. The molecule has 23 nitrogen and oxygen atoms in total. The number of hydrogen-bond donors (Lipinski definition) is 4. The highest BCUT2D eigenvalue weighted by molar-refractivity contribution is 7.58. The average Bonchev–Trinajstić information content (AvgIpc) is 0.969. The Bertz CT molecular complexity index is 3030. The number of carbonyl (C=O) groups excluding carboxylic acids is 11. The summed E-state index contributed by atoms with van der Waals surface area (Å²) in [5.41, 5.74) is -12.7. The number of Topliss-reactive ketones (excluding diaryl/α,β-unsaturated/α-hetero) is 1. The van der Waals surface area contributed by atoms with Crippen molar-refractivity contribution in [3.8, 4) is 0 Å². The number of imide groups is 2. The number of rotatable bonds is 23. The molecule has 2 saturated carbocycles. The minimum Gasteiger partial charge on any atom is -0.456 e. The van der Waals surface area contributed by atoms with Gasteiger partial charge in [0.2, 0.25) is 5.78 Å². The number of ether oxygens (including phenoxy) is 6. The molecule has 0 aromatic heterocycles. The molecule has 12 atom stereocenters. The zero-order valence-electron chi connectivity index (χ0n) is 48.1. The highest BCUT2D eigenvalue weighted by Crippen LogP contribution is 2.63. The molecule has 0 radical (unpaired) electrons. The fourth-order valence-electron chi connectivity index (χ4n) is 12.2. The number of amides is 5. The number of unbranched alkanes of at least 4 members (excludes halogenated alkanes) is 4. The molecule has 2 aromatic rings. The molecule has 3 aliphatic carbocycles. The van der Waals surface area contributed by atoms with Gasteiger partial charge in [0.05, 0.1) is 24.1 Å². The predicted molar refractivity (Wildman–Crippen MR) is 299 cm³/mol. The minimum absolute atomic E-state index is 0.0525. The average molecular weight is 1200 g/mol. The lowest BCUT2D eigenvalue weighted by Gasteiger charge is -2.67. The molecule has 0 spiro atoms. The van der Waals surface area contributed by atoms with Gasteiger partial charge in [0.1, 0.15) is 35.1 Å². The second-order valence-corrected chi connectivity index (χ2v) is 25.3. The summed E-state index contributed by atoms with van der Waals surface area (Å²) in [5.74, 6) is -9.63. The van der Waals surface area contributed by atoms with Gasteiger partial charge in [-0.1, -0.05) is 75.2 Å². The van der Waals surface area contributed by atoms with Gasteiger partial charge in [-0.05, 0) is 90.8 Å². The zero-order chi connectivity index (χ0) is 61.8. The third kappa shape index (κ3) is 13.4. The number of ketones is 1. The molecule has 3 aliphatic heterocycles. The molecule has 3 heterocycles. The van der Waals surface area contributed by atoms with Gasteiger partial charge in [-0.15, -0.1) is 0 Å². The van der Waals surface area contributed by atoms with Crippen LogP contribution in [0.15, 0.2) is 96.6 Å². The summed E-state index contributed by atoms with van der Waals surface area (Å²) in [6.45, 7) is 8.40. The van der Waals surface area contributed by atoms with Crippen molar-refractivity contribution < 1.29 is 96.5 Å². The van der Waals surface area contributed by atoms with Crippen molar-refractivity contribution in [1.82, 2.24) is 15.1 Å². The summed E-state index contributed by atoms with van der Waals surface area (Å²) in [4.78, 5) is 152. The molecule has 1 unspecified atom stereocenters. The lowest BCUT2D eigenvalue weighted by molar-refractivity contribution is -0.340. The molecule has 5 amide bonds. The Hall–Kier alpha value is -7.30. The fraction of sp³-hybridized carbons (Fsp3) is 0.525. The number of nitrogens with zero attached hydrogens (tertiary/aromatic N) is 2. The first kappa shape index (κ1) is 63.7. The molecule has 6 aliphatic rings. The van der Waals surface area contributed by atoms with Crippen LogP contribution in [0.25, 0.3) is 0 Å². The smallest absolute Gasteiger partial charge is 0.408 e. The van der Waals surface area contributed by atoms with Crippen LogP contribution in [0.2, 0.25) is 0 Å². The van der Waals surface area contributed by atoms with Crippen LogP contribution in [0.5, 0.6) is 0 Å². The number of aliphatic hydroxyl groups is 3. The molecule has 4 N–H and O–H groups in total. The SMILES string of the molecule is CC(=O)O[C@@]12CO[C@@H]1C[C@H](PC(=O)CCCCCN1C(=O)C=CC1=O)[C@@]1(O)C(=O)[C@H](OC(=O)CCCCCN3C(=O)C=CC3=O)C3=C[C@@H](OC(=O)[C@@H](O)[C@@H](NC(=O)OC(C)(C)C)c4ccccc4)C[C@@](O)([C@@H](OC(=O)c4ccccc4)[C@H]21)C3(C)C. The van der Waals surface area contributed by atoms with Crippen molar-refractivity contribution in [2.24, 2.45) is 11.3 Å². The molecule has 85 heavy (non-hydrogen) atoms. The molecular weight excluding hydrogens is 1130 g/mol. The summed E-state index contributed by atoms with van der Waals surface area (Å²) in [7, 11) is -0.926. The highest BCUT2D eigenvalue weighted by atomic mass is 31.1. The first-order valence-corrected chi connectivity index (χ1v) is 29.5. The molecule has 456 valence electrons. The minimum atomic E-state index is -3.01. The fourth-order valence-corrected chi connectivity index (χ4v) is 13.8. The highest BCUT2D eigenvalue weighted by Gasteiger charge is 2.79. The van der Waals surface area contributed by atoms with E-state index in [1.165, 1.54) is 56.3 Å². The van der Waals surface area contributed by atoms with Gasteiger partial charge in [-0.3, -0.25) is 48.2 Å². The Balaban J connectivity index is 1.21. The third-order valence-corrected chi connectivity index (χ3v) is 18.2. The van der Waals surface area contributed by atoms with E-state index >= 15 is 4.79 Å². The topological polar surface area (TPSA) is 322 Å². The number of alkyl carbamates (subject to hydrolysis) is 1. The Morgan fingerprint density at radius 2 is 1.33 bits per heavy atom. The van der Waals surface area contributed by atoms with E-state index in [1.54, 1.807) is 45.0 Å². The van der Waals surface area contributed by atoms with E-state index in [0.717, 1.165) is 41.0 Å². The van der Waals surface area contributed by atoms with E-state index in [2.05, 4.69) is 5.32 Å². The van der Waals surface area contributed by atoms with Crippen LogP contribution < -0.4 is 5.32 Å². The monoisotopic (exact) mass is 1200 g/mol. The number of hydrogen-bond acceptors (Lipinski definition) is 20. The van der Waals surface area contributed by atoms with E-state index in [4.69, 9.17) is 28.4 Å². The maximum Gasteiger partial charge on any atom is 0.408 e. The van der Waals surface area contributed by atoms with E-state index < -0.39 is 162 Å². The van der Waals surface area contributed by atoms with Crippen molar-refractivity contribution in [1.29, 1.82) is 0 Å². The molecular formula is C61H72N3O20P. The van der Waals surface area contributed by atoms with Crippen molar-refractivity contribution in [2.45, 2.75) is 170 Å². The van der Waals surface area contributed by atoms with Crippen LogP contribution in [0, 0.1) is 11.3 Å². The number of nitrogens with one attached hydrogen (secondary N) is 1. The number of aliphatic hydroxyl groups excluding tert-OH is 1. The van der Waals surface area contributed by atoms with Gasteiger partial charge >= 0.3 is 30.0 Å². The Morgan fingerprint density at radius 3 is 1.87 bits per heavy atom. The van der Waals surface area contributed by atoms with Crippen LogP contribution in [0.4, 0.5) is 4.79 Å². The normalized spacial score (nSPS) is 28.3. The number of carbonyl (C=O) groups is 11. The maximum absolute atomic E-state index is 16.4. The second-order valence-electron chi connectivity index (χ2n) is 23.7. The van der Waals surface area contributed by atoms with Crippen LogP contribution in [0.1, 0.15) is 128 Å². The summed E-state index contributed by atoms with van der Waals surface area (Å²) < 4.78 is 36.5. The number of benzene rings is 2. The largest absolute Gasteiger partial charge is 0.456 e. The Morgan fingerprint density at radius 1 is 0.765 bits per heavy atom. The summed E-state index contributed by atoms with van der Waals surface area (Å²) in [6.07, 6.45) is -4.50. The molecule has 3 fully saturated rings. The quantitative estimate of drug-likeness (QED) is 0.0300. The summed E-state index contributed by atoms with van der Waals surface area (Å²) in [6, 6.07) is 13.9. The van der Waals surface area contributed by atoms with E-state index in [0.29, 0.717) is 12.8 Å².